The molecule has 0 aromatic heterocycles. The Labute approximate surface area is 220 Å². The van der Waals surface area contributed by atoms with E-state index in [0.717, 1.165) is 15.6 Å². The van der Waals surface area contributed by atoms with E-state index in [4.69, 9.17) is 12.3 Å². The summed E-state index contributed by atoms with van der Waals surface area (Å²) in [5, 5.41) is 3.13. The van der Waals surface area contributed by atoms with Crippen LogP contribution in [0.3, 0.4) is 0 Å². The fourth-order valence-corrected chi connectivity index (χ4v) is 20.5. The zero-order chi connectivity index (χ0) is 26.3. The molecular weight excluding hydrogens is 509 g/mol. The zero-order valence-electron chi connectivity index (χ0n) is 21.5. The van der Waals surface area contributed by atoms with Crippen LogP contribution in [0.15, 0.2) is 140 Å². The van der Waals surface area contributed by atoms with Gasteiger partial charge >= 0.3 is 17.1 Å². The third-order valence-corrected chi connectivity index (χ3v) is 21.7. The molecule has 0 atom stereocenters. The van der Waals surface area contributed by atoms with Crippen LogP contribution in [0, 0.1) is 0 Å². The van der Waals surface area contributed by atoms with Crippen molar-refractivity contribution < 1.29 is 12.3 Å². The molecule has 0 radical (unpaired) electrons. The number of rotatable bonds is 13. The van der Waals surface area contributed by atoms with E-state index in [1.165, 1.54) is 0 Å². The van der Waals surface area contributed by atoms with Crippen molar-refractivity contribution in [3.63, 3.8) is 0 Å². The average Bonchev–Trinajstić information content (AvgIpc) is 2.92. The zero-order valence-corrected chi connectivity index (χ0v) is 25.5. The Morgan fingerprint density at radius 3 is 1.25 bits per heavy atom. The van der Waals surface area contributed by atoms with Crippen LogP contribution in [-0.2, 0) is 12.3 Å². The highest BCUT2D eigenvalue weighted by atomic mass is 28.5. The van der Waals surface area contributed by atoms with Crippen LogP contribution < -0.4 is 15.6 Å². The van der Waals surface area contributed by atoms with Crippen LogP contribution in [-0.4, -0.2) is 33.8 Å². The fourth-order valence-electron chi connectivity index (χ4n) is 4.15. The summed E-state index contributed by atoms with van der Waals surface area (Å²) in [4.78, 5) is 0. The molecule has 3 aromatic carbocycles. The molecule has 3 nitrogen and oxygen atoms in total. The highest BCUT2D eigenvalue weighted by Crippen LogP contribution is 2.26. The van der Waals surface area contributed by atoms with Gasteiger partial charge in [0.2, 0.25) is 8.32 Å². The van der Waals surface area contributed by atoms with Crippen molar-refractivity contribution in [2.24, 2.45) is 0 Å². The lowest BCUT2D eigenvalue weighted by Gasteiger charge is -2.44. The largest absolute Gasteiger partial charge is 0.426 e. The predicted molar refractivity (Wildman–Crippen MR) is 163 cm³/mol. The predicted octanol–water partition coefficient (Wildman–Crippen LogP) is 5.32. The van der Waals surface area contributed by atoms with E-state index in [2.05, 4.69) is 82.4 Å². The summed E-state index contributed by atoms with van der Waals surface area (Å²) in [6.07, 6.45) is 0. The molecule has 36 heavy (non-hydrogen) atoms. The number of hydrogen-bond donors (Lipinski definition) is 0. The summed E-state index contributed by atoms with van der Waals surface area (Å²) in [7, 11) is -11.4. The Balaban J connectivity index is 2.20. The maximum atomic E-state index is 7.29. The second-order valence-electron chi connectivity index (χ2n) is 9.21. The van der Waals surface area contributed by atoms with Crippen LogP contribution >= 0.6 is 0 Å². The van der Waals surface area contributed by atoms with Crippen molar-refractivity contribution >= 4 is 49.3 Å². The monoisotopic (exact) mass is 544 g/mol. The van der Waals surface area contributed by atoms with Crippen molar-refractivity contribution in [2.75, 3.05) is 0 Å². The van der Waals surface area contributed by atoms with Crippen LogP contribution in [0.2, 0.25) is 19.6 Å². The standard InChI is InChI=1S/C29H36O3Si4/c1-8-34(7,9-2)32-36(28-23-17-13-18-24-28,29-25-19-14-20-26-29)31-33(5,6)30-35(10-3,11-4)27-21-15-12-16-22-27/h8-26H,1-4H2,5-7H3. The first-order chi connectivity index (χ1) is 17.2. The minimum Gasteiger partial charge on any atom is -0.426 e. The van der Waals surface area contributed by atoms with Crippen LogP contribution in [0.1, 0.15) is 0 Å². The first kappa shape index (κ1) is 27.9. The molecule has 7 heteroatoms. The first-order valence-electron chi connectivity index (χ1n) is 12.0. The molecule has 3 aromatic rings. The molecule has 0 aliphatic heterocycles. The minimum atomic E-state index is -3.28. The fraction of sp³-hybridized carbons (Fsp3) is 0.103. The molecule has 0 heterocycles. The molecule has 0 aliphatic rings. The molecule has 0 spiro atoms. The van der Waals surface area contributed by atoms with Gasteiger partial charge < -0.3 is 12.3 Å². The van der Waals surface area contributed by atoms with Gasteiger partial charge in [-0.3, -0.25) is 0 Å². The molecule has 0 N–H and O–H groups in total. The van der Waals surface area contributed by atoms with Gasteiger partial charge in [-0.25, -0.2) is 0 Å². The summed E-state index contributed by atoms with van der Waals surface area (Å²) < 4.78 is 21.5. The van der Waals surface area contributed by atoms with Gasteiger partial charge in [0.05, 0.1) is 0 Å². The molecule has 3 rings (SSSR count). The van der Waals surface area contributed by atoms with Gasteiger partial charge in [-0.2, -0.15) is 0 Å². The lowest BCUT2D eigenvalue weighted by Crippen LogP contribution is -2.72. The second-order valence-corrected chi connectivity index (χ2v) is 23.0. The van der Waals surface area contributed by atoms with Crippen LogP contribution in [0.25, 0.3) is 0 Å². The lowest BCUT2D eigenvalue weighted by atomic mass is 10.4. The molecule has 0 unspecified atom stereocenters. The Morgan fingerprint density at radius 1 is 0.500 bits per heavy atom. The lowest BCUT2D eigenvalue weighted by molar-refractivity contribution is 0.348. The van der Waals surface area contributed by atoms with E-state index >= 15 is 0 Å². The van der Waals surface area contributed by atoms with E-state index in [0.29, 0.717) is 0 Å². The molecular formula is C29H36O3Si4. The molecule has 0 saturated heterocycles. The quantitative estimate of drug-likeness (QED) is 0.273. The third-order valence-electron chi connectivity index (χ3n) is 6.12. The number of benzene rings is 3. The maximum Gasteiger partial charge on any atom is 0.388 e. The van der Waals surface area contributed by atoms with E-state index in [1.54, 1.807) is 0 Å². The van der Waals surface area contributed by atoms with Crippen LogP contribution in [0.4, 0.5) is 0 Å². The highest BCUT2D eigenvalue weighted by molar-refractivity contribution is 7.05. The molecule has 0 saturated carbocycles. The smallest absolute Gasteiger partial charge is 0.388 e. The Kier molecular flexibility index (Phi) is 9.02. The Bertz CT molecular complexity index is 1130. The normalized spacial score (nSPS) is 12.5. The van der Waals surface area contributed by atoms with Gasteiger partial charge in [-0.05, 0) is 35.2 Å². The Hall–Kier alpha value is -2.63. The second kappa shape index (κ2) is 11.6. The average molecular weight is 545 g/mol. The summed E-state index contributed by atoms with van der Waals surface area (Å²) >= 11 is 0. The van der Waals surface area contributed by atoms with Gasteiger partial charge in [-0.1, -0.05) is 114 Å². The van der Waals surface area contributed by atoms with Gasteiger partial charge in [0.25, 0.3) is 8.32 Å². The Morgan fingerprint density at radius 2 is 0.889 bits per heavy atom. The van der Waals surface area contributed by atoms with Crippen molar-refractivity contribution in [3.05, 3.63) is 140 Å². The van der Waals surface area contributed by atoms with E-state index in [-0.39, 0.29) is 0 Å². The van der Waals surface area contributed by atoms with Gasteiger partial charge in [0, 0.05) is 0 Å². The topological polar surface area (TPSA) is 27.7 Å². The molecule has 0 amide bonds. The van der Waals surface area contributed by atoms with E-state index in [9.17, 15) is 0 Å². The summed E-state index contributed by atoms with van der Waals surface area (Å²) in [6.45, 7) is 22.8. The third kappa shape index (κ3) is 6.01. The van der Waals surface area contributed by atoms with Crippen molar-refractivity contribution in [1.82, 2.24) is 0 Å². The van der Waals surface area contributed by atoms with Gasteiger partial charge in [0.15, 0.2) is 0 Å². The number of hydrogen-bond acceptors (Lipinski definition) is 3. The summed E-state index contributed by atoms with van der Waals surface area (Å²) in [6, 6.07) is 30.7. The van der Waals surface area contributed by atoms with Gasteiger partial charge in [0.1, 0.15) is 0 Å². The first-order valence-corrected chi connectivity index (χ1v) is 21.3. The molecule has 0 fully saturated rings. The molecule has 0 bridgehead atoms. The van der Waals surface area contributed by atoms with Crippen molar-refractivity contribution in [2.45, 2.75) is 19.6 Å². The summed E-state index contributed by atoms with van der Waals surface area (Å²) in [5.74, 6) is 0. The van der Waals surface area contributed by atoms with Crippen molar-refractivity contribution in [3.8, 4) is 0 Å². The van der Waals surface area contributed by atoms with Crippen LogP contribution in [0.5, 0.6) is 0 Å². The van der Waals surface area contributed by atoms with E-state index in [1.807, 2.05) is 77.4 Å². The van der Waals surface area contributed by atoms with Crippen molar-refractivity contribution in [1.29, 1.82) is 0 Å². The summed E-state index contributed by atoms with van der Waals surface area (Å²) in [5.41, 5.74) is 7.66. The molecule has 186 valence electrons. The molecule has 0 aliphatic carbocycles. The maximum absolute atomic E-state index is 7.29. The highest BCUT2D eigenvalue weighted by Gasteiger charge is 2.52. The van der Waals surface area contributed by atoms with E-state index < -0.39 is 33.8 Å². The SMILES string of the molecule is C=C[Si](C)(C=C)O[Si](O[Si](C)(C)O[Si](C=C)(C=C)c1ccccc1)(c1ccccc1)c1ccccc1. The van der Waals surface area contributed by atoms with Gasteiger partial charge in [-0.15, -0.1) is 26.3 Å². The minimum absolute atomic E-state index is 1.02.